The molecule has 4 nitrogen and oxygen atoms in total. The molecule has 2 aliphatic heterocycles. The molecule has 1 saturated heterocycles. The van der Waals surface area contributed by atoms with Crippen molar-refractivity contribution in [1.82, 2.24) is 4.90 Å². The quantitative estimate of drug-likeness (QED) is 0.823. The molecule has 0 unspecified atom stereocenters. The molecule has 1 N–H and O–H groups in total. The van der Waals surface area contributed by atoms with E-state index in [-0.39, 0.29) is 6.54 Å². The Balaban J connectivity index is 1.68. The zero-order chi connectivity index (χ0) is 20.6. The number of carboxylic acids is 1. The van der Waals surface area contributed by atoms with E-state index in [9.17, 15) is 18.0 Å². The summed E-state index contributed by atoms with van der Waals surface area (Å²) in [5.41, 5.74) is 1.10. The largest absolute Gasteiger partial charge is 0.482 e. The van der Waals surface area contributed by atoms with Gasteiger partial charge in [-0.25, -0.2) is 0 Å². The van der Waals surface area contributed by atoms with Crippen molar-refractivity contribution in [2.45, 2.75) is 24.6 Å². The van der Waals surface area contributed by atoms with Gasteiger partial charge in [0.2, 0.25) is 0 Å². The van der Waals surface area contributed by atoms with Gasteiger partial charge in [-0.15, -0.1) is 0 Å². The summed E-state index contributed by atoms with van der Waals surface area (Å²) < 4.78 is 45.1. The van der Waals surface area contributed by atoms with Gasteiger partial charge in [0.05, 0.1) is 12.1 Å². The van der Waals surface area contributed by atoms with Crippen LogP contribution in [0, 0.1) is 0 Å². The molecule has 0 aromatic heterocycles. The summed E-state index contributed by atoms with van der Waals surface area (Å²) in [4.78, 5) is 12.8. The van der Waals surface area contributed by atoms with E-state index in [1.807, 2.05) is 35.2 Å². The Morgan fingerprint density at radius 3 is 2.34 bits per heavy atom. The minimum atomic E-state index is -4.38. The summed E-state index contributed by atoms with van der Waals surface area (Å²) in [7, 11) is 0. The number of alkyl halides is 3. The Kier molecular flexibility index (Phi) is 4.86. The van der Waals surface area contributed by atoms with E-state index in [1.54, 1.807) is 0 Å². The highest BCUT2D eigenvalue weighted by molar-refractivity contribution is 5.85. The second-order valence-electron chi connectivity index (χ2n) is 7.47. The van der Waals surface area contributed by atoms with Crippen LogP contribution in [-0.2, 0) is 11.0 Å². The molecule has 0 radical (unpaired) electrons. The fourth-order valence-corrected chi connectivity index (χ4v) is 3.97. The van der Waals surface area contributed by atoms with Crippen LogP contribution in [0.3, 0.4) is 0 Å². The minimum Gasteiger partial charge on any atom is -0.482 e. The van der Waals surface area contributed by atoms with Gasteiger partial charge in [-0.2, -0.15) is 13.2 Å². The van der Waals surface area contributed by atoms with Crippen LogP contribution in [-0.4, -0.2) is 41.2 Å². The van der Waals surface area contributed by atoms with Crippen molar-refractivity contribution in [2.75, 3.05) is 19.6 Å². The Bertz CT molecular complexity index is 943. The molecule has 2 aromatic rings. The Morgan fingerprint density at radius 1 is 1.07 bits per heavy atom. The first-order valence-electron chi connectivity index (χ1n) is 9.39. The van der Waals surface area contributed by atoms with Gasteiger partial charge in [-0.1, -0.05) is 30.3 Å². The van der Waals surface area contributed by atoms with E-state index in [0.29, 0.717) is 37.2 Å². The first kappa shape index (κ1) is 19.5. The third-order valence-corrected chi connectivity index (χ3v) is 5.48. The lowest BCUT2D eigenvalue weighted by molar-refractivity contribution is -0.139. The topological polar surface area (TPSA) is 49.8 Å². The van der Waals surface area contributed by atoms with Crippen LogP contribution in [0.5, 0.6) is 5.75 Å². The van der Waals surface area contributed by atoms with Crippen molar-refractivity contribution >= 4 is 11.5 Å². The lowest BCUT2D eigenvalue weighted by Gasteiger charge is -2.42. The molecule has 0 atom stereocenters. The van der Waals surface area contributed by atoms with E-state index < -0.39 is 23.3 Å². The van der Waals surface area contributed by atoms with Crippen LogP contribution in [0.4, 0.5) is 13.2 Å². The molecule has 29 heavy (non-hydrogen) atoms. The number of hydrogen-bond donors (Lipinski definition) is 1. The molecule has 2 aromatic carbocycles. The Labute approximate surface area is 166 Å². The van der Waals surface area contributed by atoms with Crippen LogP contribution >= 0.6 is 0 Å². The third-order valence-electron chi connectivity index (χ3n) is 5.48. The van der Waals surface area contributed by atoms with Crippen molar-refractivity contribution in [1.29, 1.82) is 0 Å². The van der Waals surface area contributed by atoms with Gasteiger partial charge < -0.3 is 9.84 Å². The molecule has 4 rings (SSSR count). The first-order valence-corrected chi connectivity index (χ1v) is 9.39. The molecule has 0 bridgehead atoms. The number of aliphatic carboxylic acids is 1. The van der Waals surface area contributed by atoms with Gasteiger partial charge in [0.1, 0.15) is 11.4 Å². The summed E-state index contributed by atoms with van der Waals surface area (Å²) in [5, 5.41) is 9.00. The second kappa shape index (κ2) is 7.22. The molecule has 2 aliphatic rings. The highest BCUT2D eigenvalue weighted by atomic mass is 19.4. The number of benzene rings is 2. The van der Waals surface area contributed by atoms with E-state index >= 15 is 0 Å². The number of ether oxygens (including phenoxy) is 1. The van der Waals surface area contributed by atoms with E-state index in [2.05, 4.69) is 0 Å². The number of para-hydroxylation sites is 1. The molecule has 7 heteroatoms. The van der Waals surface area contributed by atoms with Crippen LogP contribution in [0.2, 0.25) is 0 Å². The lowest BCUT2D eigenvalue weighted by Crippen LogP contribution is -2.49. The molecule has 0 aliphatic carbocycles. The average molecular weight is 403 g/mol. The normalized spacial score (nSPS) is 18.7. The monoisotopic (exact) mass is 403 g/mol. The average Bonchev–Trinajstić information content (AvgIpc) is 2.68. The number of hydrogen-bond acceptors (Lipinski definition) is 3. The maximum atomic E-state index is 12.9. The van der Waals surface area contributed by atoms with Crippen molar-refractivity contribution in [3.05, 3.63) is 71.3 Å². The first-order chi connectivity index (χ1) is 13.8. The van der Waals surface area contributed by atoms with Gasteiger partial charge in [0.25, 0.3) is 0 Å². The van der Waals surface area contributed by atoms with Crippen LogP contribution < -0.4 is 4.74 Å². The number of carboxylic acid groups (broad SMARTS) is 1. The van der Waals surface area contributed by atoms with Gasteiger partial charge in [0, 0.05) is 31.5 Å². The molecule has 0 amide bonds. The predicted molar refractivity (Wildman–Crippen MR) is 102 cm³/mol. The maximum Gasteiger partial charge on any atom is 0.416 e. The van der Waals surface area contributed by atoms with Crippen LogP contribution in [0.1, 0.15) is 29.5 Å². The standard InChI is InChI=1S/C22H20F3NO3/c23-22(24,25)16-7-5-15(6-8-16)18-13-21(29-19-4-2-1-3-17(18)19)9-11-26(12-10-21)14-20(27)28/h1-8,13H,9-12,14H2,(H,27,28). The predicted octanol–water partition coefficient (Wildman–Crippen LogP) is 4.45. The van der Waals surface area contributed by atoms with E-state index in [4.69, 9.17) is 9.84 Å². The molecule has 1 fully saturated rings. The van der Waals surface area contributed by atoms with Gasteiger partial charge in [-0.05, 0) is 35.4 Å². The second-order valence-corrected chi connectivity index (χ2v) is 7.47. The Hall–Kier alpha value is -2.80. The summed E-state index contributed by atoms with van der Waals surface area (Å²) in [6, 6.07) is 12.7. The van der Waals surface area contributed by atoms with Crippen molar-refractivity contribution in [2.24, 2.45) is 0 Å². The van der Waals surface area contributed by atoms with Crippen molar-refractivity contribution < 1.29 is 27.8 Å². The number of carbonyl (C=O) groups is 1. The third kappa shape index (κ3) is 4.00. The highest BCUT2D eigenvalue weighted by Crippen LogP contribution is 2.43. The van der Waals surface area contributed by atoms with Crippen LogP contribution in [0.15, 0.2) is 54.6 Å². The number of rotatable bonds is 3. The van der Waals surface area contributed by atoms with Gasteiger partial charge in [-0.3, -0.25) is 9.69 Å². The van der Waals surface area contributed by atoms with Crippen molar-refractivity contribution in [3.8, 4) is 5.75 Å². The lowest BCUT2D eigenvalue weighted by atomic mass is 9.83. The fourth-order valence-electron chi connectivity index (χ4n) is 3.97. The van der Waals surface area contributed by atoms with Crippen LogP contribution in [0.25, 0.3) is 5.57 Å². The SMILES string of the molecule is O=C(O)CN1CCC2(C=C(c3ccc(C(F)(F)F)cc3)c3ccccc3O2)CC1. The Morgan fingerprint density at radius 2 is 1.72 bits per heavy atom. The summed E-state index contributed by atoms with van der Waals surface area (Å²) in [5.74, 6) is -0.173. The summed E-state index contributed by atoms with van der Waals surface area (Å²) >= 11 is 0. The number of fused-ring (bicyclic) bond motifs is 1. The van der Waals surface area contributed by atoms with Gasteiger partial charge in [0.15, 0.2) is 0 Å². The molecule has 0 saturated carbocycles. The van der Waals surface area contributed by atoms with E-state index in [0.717, 1.165) is 23.3 Å². The maximum absolute atomic E-state index is 12.9. The minimum absolute atomic E-state index is 0.0118. The smallest absolute Gasteiger partial charge is 0.416 e. The molecular formula is C22H20F3NO3. The number of nitrogens with zero attached hydrogens (tertiary/aromatic N) is 1. The number of likely N-dealkylation sites (tertiary alicyclic amines) is 1. The summed E-state index contributed by atoms with van der Waals surface area (Å²) in [6.45, 7) is 1.14. The number of piperidine rings is 1. The zero-order valence-electron chi connectivity index (χ0n) is 15.6. The fraction of sp³-hybridized carbons (Fsp3) is 0.318. The summed E-state index contributed by atoms with van der Waals surface area (Å²) in [6.07, 6.45) is -1.16. The van der Waals surface area contributed by atoms with Crippen molar-refractivity contribution in [3.63, 3.8) is 0 Å². The highest BCUT2D eigenvalue weighted by Gasteiger charge is 2.39. The molecular weight excluding hydrogens is 383 g/mol. The zero-order valence-corrected chi connectivity index (χ0v) is 15.6. The molecule has 2 heterocycles. The molecule has 1 spiro atoms. The van der Waals surface area contributed by atoms with Gasteiger partial charge >= 0.3 is 12.1 Å². The molecule has 152 valence electrons. The number of halogens is 3. The van der Waals surface area contributed by atoms with E-state index in [1.165, 1.54) is 12.1 Å².